The average molecular weight is 293 g/mol. The molecule has 0 saturated heterocycles. The van der Waals surface area contributed by atoms with Gasteiger partial charge in [0.15, 0.2) is 0 Å². The molecular formula is C16H23NO2S. The van der Waals surface area contributed by atoms with E-state index in [0.717, 1.165) is 30.6 Å². The molecule has 1 saturated carbocycles. The highest BCUT2D eigenvalue weighted by Crippen LogP contribution is 2.29. The Morgan fingerprint density at radius 1 is 1.35 bits per heavy atom. The van der Waals surface area contributed by atoms with Crippen LogP contribution in [0.15, 0.2) is 23.1 Å². The fourth-order valence-corrected chi connectivity index (χ4v) is 3.64. The van der Waals surface area contributed by atoms with Crippen LogP contribution in [0, 0.1) is 13.8 Å². The number of thioether (sulfide) groups is 1. The number of aliphatic hydroxyl groups excluding tert-OH is 1. The number of benzene rings is 1. The predicted molar refractivity (Wildman–Crippen MR) is 83.1 cm³/mol. The van der Waals surface area contributed by atoms with Crippen molar-refractivity contribution in [2.75, 3.05) is 12.4 Å². The first-order valence-electron chi connectivity index (χ1n) is 7.17. The van der Waals surface area contributed by atoms with Crippen LogP contribution in [0.2, 0.25) is 0 Å². The molecule has 0 atom stereocenters. The van der Waals surface area contributed by atoms with Gasteiger partial charge >= 0.3 is 0 Å². The van der Waals surface area contributed by atoms with Gasteiger partial charge < -0.3 is 10.4 Å². The number of hydrogen-bond donors (Lipinski definition) is 2. The molecule has 0 bridgehead atoms. The largest absolute Gasteiger partial charge is 0.394 e. The molecule has 0 aromatic heterocycles. The zero-order chi connectivity index (χ0) is 14.6. The van der Waals surface area contributed by atoms with Crippen LogP contribution in [0.1, 0.15) is 36.8 Å². The van der Waals surface area contributed by atoms with Gasteiger partial charge in [-0.05, 0) is 38.3 Å². The van der Waals surface area contributed by atoms with E-state index in [-0.39, 0.29) is 18.1 Å². The summed E-state index contributed by atoms with van der Waals surface area (Å²) < 4.78 is 0. The Labute approximate surface area is 125 Å². The van der Waals surface area contributed by atoms with Gasteiger partial charge in [0.25, 0.3) is 0 Å². The maximum absolute atomic E-state index is 12.1. The van der Waals surface area contributed by atoms with E-state index in [9.17, 15) is 9.90 Å². The number of hydrogen-bond acceptors (Lipinski definition) is 3. The number of carbonyl (C=O) groups excluding carboxylic acids is 1. The minimum atomic E-state index is -0.362. The summed E-state index contributed by atoms with van der Waals surface area (Å²) in [6.45, 7) is 4.17. The van der Waals surface area contributed by atoms with Crippen molar-refractivity contribution in [3.05, 3.63) is 29.3 Å². The Balaban J connectivity index is 1.90. The maximum atomic E-state index is 12.1. The third-order valence-corrected chi connectivity index (χ3v) is 5.13. The van der Waals surface area contributed by atoms with Crippen LogP contribution in [0.25, 0.3) is 0 Å². The van der Waals surface area contributed by atoms with Crippen LogP contribution >= 0.6 is 11.8 Å². The number of aryl methyl sites for hydroxylation is 2. The van der Waals surface area contributed by atoms with E-state index in [4.69, 9.17) is 0 Å². The molecule has 2 N–H and O–H groups in total. The Bertz CT molecular complexity index is 481. The lowest BCUT2D eigenvalue weighted by molar-refractivity contribution is -0.121. The van der Waals surface area contributed by atoms with Gasteiger partial charge in [0.1, 0.15) is 0 Å². The van der Waals surface area contributed by atoms with E-state index in [1.54, 1.807) is 11.8 Å². The van der Waals surface area contributed by atoms with Crippen LogP contribution in [0.4, 0.5) is 0 Å². The van der Waals surface area contributed by atoms with Crippen molar-refractivity contribution in [1.29, 1.82) is 0 Å². The van der Waals surface area contributed by atoms with Crippen molar-refractivity contribution < 1.29 is 9.90 Å². The lowest BCUT2D eigenvalue weighted by atomic mass is 9.99. The summed E-state index contributed by atoms with van der Waals surface area (Å²) in [4.78, 5) is 13.2. The number of rotatable bonds is 5. The molecule has 2 rings (SSSR count). The van der Waals surface area contributed by atoms with Crippen LogP contribution < -0.4 is 5.32 Å². The van der Waals surface area contributed by atoms with Gasteiger partial charge in [-0.1, -0.05) is 30.5 Å². The summed E-state index contributed by atoms with van der Waals surface area (Å²) in [5.74, 6) is 0.429. The molecule has 1 aromatic carbocycles. The molecule has 1 aliphatic carbocycles. The SMILES string of the molecule is Cc1ccc(C)c(SCC(=O)NC2(CO)CCCC2)c1. The molecule has 3 nitrogen and oxygen atoms in total. The Morgan fingerprint density at radius 2 is 2.05 bits per heavy atom. The van der Waals surface area contributed by atoms with E-state index in [1.165, 1.54) is 11.1 Å². The Morgan fingerprint density at radius 3 is 2.70 bits per heavy atom. The predicted octanol–water partition coefficient (Wildman–Crippen LogP) is 2.82. The van der Waals surface area contributed by atoms with Crippen molar-refractivity contribution in [2.24, 2.45) is 0 Å². The van der Waals surface area contributed by atoms with Crippen LogP contribution in [-0.4, -0.2) is 28.9 Å². The van der Waals surface area contributed by atoms with E-state index < -0.39 is 0 Å². The molecule has 110 valence electrons. The fourth-order valence-electron chi connectivity index (χ4n) is 2.71. The number of carbonyl (C=O) groups is 1. The van der Waals surface area contributed by atoms with Crippen LogP contribution in [0.3, 0.4) is 0 Å². The number of nitrogens with one attached hydrogen (secondary N) is 1. The molecule has 1 amide bonds. The molecule has 0 aliphatic heterocycles. The van der Waals surface area contributed by atoms with Gasteiger partial charge in [-0.3, -0.25) is 4.79 Å². The van der Waals surface area contributed by atoms with Gasteiger partial charge in [-0.2, -0.15) is 0 Å². The highest BCUT2D eigenvalue weighted by molar-refractivity contribution is 8.00. The zero-order valence-electron chi connectivity index (χ0n) is 12.2. The lowest BCUT2D eigenvalue weighted by Crippen LogP contribution is -2.49. The van der Waals surface area contributed by atoms with Crippen molar-refractivity contribution in [3.8, 4) is 0 Å². The molecular weight excluding hydrogens is 270 g/mol. The normalized spacial score (nSPS) is 17.1. The van der Waals surface area contributed by atoms with E-state index in [0.29, 0.717) is 5.75 Å². The minimum Gasteiger partial charge on any atom is -0.394 e. The maximum Gasteiger partial charge on any atom is 0.230 e. The van der Waals surface area contributed by atoms with Gasteiger partial charge in [-0.25, -0.2) is 0 Å². The molecule has 0 unspecified atom stereocenters. The second kappa shape index (κ2) is 6.64. The molecule has 1 aliphatic rings. The van der Waals surface area contributed by atoms with Crippen molar-refractivity contribution in [1.82, 2.24) is 5.32 Å². The average Bonchev–Trinajstić information content (AvgIpc) is 2.89. The van der Waals surface area contributed by atoms with Crippen LogP contribution in [0.5, 0.6) is 0 Å². The first-order valence-corrected chi connectivity index (χ1v) is 8.15. The molecule has 0 heterocycles. The third-order valence-electron chi connectivity index (χ3n) is 3.97. The molecule has 1 fully saturated rings. The topological polar surface area (TPSA) is 49.3 Å². The fraction of sp³-hybridized carbons (Fsp3) is 0.562. The summed E-state index contributed by atoms with van der Waals surface area (Å²) in [7, 11) is 0. The lowest BCUT2D eigenvalue weighted by Gasteiger charge is -2.27. The quantitative estimate of drug-likeness (QED) is 0.821. The van der Waals surface area contributed by atoms with Gasteiger partial charge in [0.05, 0.1) is 17.9 Å². The number of amides is 1. The third kappa shape index (κ3) is 3.76. The number of aliphatic hydroxyl groups is 1. The van der Waals surface area contributed by atoms with Gasteiger partial charge in [-0.15, -0.1) is 11.8 Å². The molecule has 0 spiro atoms. The van der Waals surface area contributed by atoms with Crippen molar-refractivity contribution in [2.45, 2.75) is 50.0 Å². The van der Waals surface area contributed by atoms with Crippen molar-refractivity contribution in [3.63, 3.8) is 0 Å². The first-order chi connectivity index (χ1) is 9.54. The van der Waals surface area contributed by atoms with E-state index in [1.807, 2.05) is 0 Å². The van der Waals surface area contributed by atoms with Gasteiger partial charge in [0.2, 0.25) is 5.91 Å². The molecule has 4 heteroatoms. The van der Waals surface area contributed by atoms with Crippen molar-refractivity contribution >= 4 is 17.7 Å². The molecule has 0 radical (unpaired) electrons. The second-order valence-electron chi connectivity index (χ2n) is 5.75. The zero-order valence-corrected chi connectivity index (χ0v) is 13.1. The summed E-state index contributed by atoms with van der Waals surface area (Å²) in [5, 5.41) is 12.5. The highest BCUT2D eigenvalue weighted by atomic mass is 32.2. The van der Waals surface area contributed by atoms with E-state index in [2.05, 4.69) is 37.4 Å². The highest BCUT2D eigenvalue weighted by Gasteiger charge is 2.34. The first kappa shape index (κ1) is 15.4. The summed E-state index contributed by atoms with van der Waals surface area (Å²) in [6, 6.07) is 6.28. The van der Waals surface area contributed by atoms with Crippen LogP contribution in [-0.2, 0) is 4.79 Å². The summed E-state index contributed by atoms with van der Waals surface area (Å²) in [6.07, 6.45) is 3.96. The molecule has 20 heavy (non-hydrogen) atoms. The standard InChI is InChI=1S/C16H23NO2S/c1-12-5-6-13(2)14(9-12)20-10-15(19)17-16(11-18)7-3-4-8-16/h5-6,9,18H,3-4,7-8,10-11H2,1-2H3,(H,17,19). The smallest absolute Gasteiger partial charge is 0.230 e. The minimum absolute atomic E-state index is 0.0202. The van der Waals surface area contributed by atoms with E-state index >= 15 is 0 Å². The summed E-state index contributed by atoms with van der Waals surface area (Å²) >= 11 is 1.57. The Kier molecular flexibility index (Phi) is 5.11. The molecule has 1 aromatic rings. The monoisotopic (exact) mass is 293 g/mol. The summed E-state index contributed by atoms with van der Waals surface area (Å²) in [5.41, 5.74) is 2.05. The second-order valence-corrected chi connectivity index (χ2v) is 6.77. The van der Waals surface area contributed by atoms with Gasteiger partial charge in [0, 0.05) is 4.90 Å². The Hall–Kier alpha value is -1.00.